The quantitative estimate of drug-likeness (QED) is 0.292. The van der Waals surface area contributed by atoms with E-state index in [-0.39, 0.29) is 0 Å². The van der Waals surface area contributed by atoms with E-state index in [2.05, 4.69) is 48.4 Å². The van der Waals surface area contributed by atoms with Crippen molar-refractivity contribution in [1.29, 1.82) is 0 Å². The molecule has 0 saturated heterocycles. The number of hydrogen-bond acceptors (Lipinski definition) is 7. The molecule has 0 atom stereocenters. The molecule has 0 aliphatic rings. The van der Waals surface area contributed by atoms with Crippen molar-refractivity contribution < 1.29 is 9.30 Å². The fourth-order valence-corrected chi connectivity index (χ4v) is 5.32. The first-order chi connectivity index (χ1) is 15.7. The van der Waals surface area contributed by atoms with Gasteiger partial charge in [0.15, 0.2) is 0 Å². The molecule has 0 amide bonds. The van der Waals surface area contributed by atoms with Crippen LogP contribution in [0.5, 0.6) is 5.75 Å². The Labute approximate surface area is 201 Å². The Morgan fingerprint density at radius 3 is 2.36 bits per heavy atom. The number of pyridine rings is 1. The van der Waals surface area contributed by atoms with Crippen molar-refractivity contribution in [3.8, 4) is 5.75 Å². The summed E-state index contributed by atoms with van der Waals surface area (Å²) in [5.41, 5.74) is 5.97. The largest absolute Gasteiger partial charge is 0.495 e. The van der Waals surface area contributed by atoms with Crippen molar-refractivity contribution in [3.63, 3.8) is 0 Å². The van der Waals surface area contributed by atoms with Crippen LogP contribution < -0.4 is 20.7 Å². The number of nitrogens with one attached hydrogen (secondary N) is 2. The molecule has 2 heterocycles. The number of nitrogens with zero attached hydrogens (tertiary/aromatic N) is 3. The Kier molecular flexibility index (Phi) is 6.41. The summed E-state index contributed by atoms with van der Waals surface area (Å²) in [6.07, 6.45) is 4.97. The van der Waals surface area contributed by atoms with Gasteiger partial charge in [-0.15, -0.1) is 0 Å². The van der Waals surface area contributed by atoms with Crippen LogP contribution in [0.4, 0.5) is 22.9 Å². The summed E-state index contributed by atoms with van der Waals surface area (Å²) in [5, 5.41) is 7.43. The van der Waals surface area contributed by atoms with E-state index < -0.39 is 7.14 Å². The first-order valence-corrected chi connectivity index (χ1v) is 13.7. The molecule has 0 spiro atoms. The van der Waals surface area contributed by atoms with Gasteiger partial charge < -0.3 is 19.9 Å². The number of hydrogen-bond donors (Lipinski definition) is 2. The van der Waals surface area contributed by atoms with Crippen LogP contribution in [-0.2, 0) is 4.57 Å². The highest BCUT2D eigenvalue weighted by atomic mass is 79.9. The number of aromatic nitrogens is 3. The maximum absolute atomic E-state index is 13.2. The van der Waals surface area contributed by atoms with E-state index in [1.54, 1.807) is 39.0 Å². The number of methoxy groups -OCH3 is 1. The highest BCUT2D eigenvalue weighted by Crippen LogP contribution is 2.41. The predicted octanol–water partition coefficient (Wildman–Crippen LogP) is 6.15. The molecule has 2 N–H and O–H groups in total. The van der Waals surface area contributed by atoms with Gasteiger partial charge in [0, 0.05) is 24.7 Å². The zero-order valence-electron chi connectivity index (χ0n) is 19.1. The zero-order valence-corrected chi connectivity index (χ0v) is 21.6. The van der Waals surface area contributed by atoms with Crippen molar-refractivity contribution in [3.05, 3.63) is 64.5 Å². The minimum absolute atomic E-state index is 0.638. The molecular formula is C24H25BrN5O2P. The molecule has 4 rings (SSSR count). The summed E-state index contributed by atoms with van der Waals surface area (Å²) < 4.78 is 19.5. The number of fused-ring (bicyclic) bond motifs is 1. The molecule has 4 aromatic rings. The standard InChI is InChI=1S/C24H25BrN5O2P/c1-14-10-20(21(32-3)11-15(14)2)30-22-12-19(16(25)13-28-22)29-18-7-6-17-23(27-9-8-26-17)24(18)33(4,5)31/h6-13H,1-5H3,(H2,28,29,30). The lowest BCUT2D eigenvalue weighted by Crippen LogP contribution is -2.13. The minimum Gasteiger partial charge on any atom is -0.495 e. The van der Waals surface area contributed by atoms with Crippen LogP contribution in [0.3, 0.4) is 0 Å². The monoisotopic (exact) mass is 525 g/mol. The summed E-state index contributed by atoms with van der Waals surface area (Å²) in [4.78, 5) is 13.3. The van der Waals surface area contributed by atoms with Crippen LogP contribution in [0.25, 0.3) is 11.0 Å². The predicted molar refractivity (Wildman–Crippen MR) is 140 cm³/mol. The molecule has 0 aliphatic heterocycles. The molecular weight excluding hydrogens is 501 g/mol. The average Bonchev–Trinajstić information content (AvgIpc) is 2.77. The highest BCUT2D eigenvalue weighted by Gasteiger charge is 2.22. The van der Waals surface area contributed by atoms with Gasteiger partial charge in [-0.1, -0.05) is 0 Å². The first kappa shape index (κ1) is 23.2. The molecule has 2 aromatic heterocycles. The summed E-state index contributed by atoms with van der Waals surface area (Å²) in [6.45, 7) is 7.58. The Morgan fingerprint density at radius 2 is 1.64 bits per heavy atom. The van der Waals surface area contributed by atoms with E-state index in [9.17, 15) is 4.57 Å². The smallest absolute Gasteiger partial charge is 0.142 e. The molecule has 9 heteroatoms. The molecule has 0 fully saturated rings. The number of ether oxygens (including phenoxy) is 1. The minimum atomic E-state index is -2.67. The third kappa shape index (κ3) is 4.87. The Balaban J connectivity index is 1.74. The second kappa shape index (κ2) is 9.12. The summed E-state index contributed by atoms with van der Waals surface area (Å²) in [5.74, 6) is 1.38. The van der Waals surface area contributed by atoms with Crippen LogP contribution in [0.1, 0.15) is 11.1 Å². The molecule has 170 valence electrons. The first-order valence-electron chi connectivity index (χ1n) is 10.3. The summed E-state index contributed by atoms with van der Waals surface area (Å²) in [7, 11) is -1.02. The fourth-order valence-electron chi connectivity index (χ4n) is 3.61. The van der Waals surface area contributed by atoms with Crippen molar-refractivity contribution in [2.45, 2.75) is 13.8 Å². The third-order valence-electron chi connectivity index (χ3n) is 5.36. The maximum atomic E-state index is 13.2. The lowest BCUT2D eigenvalue weighted by atomic mass is 10.1. The van der Waals surface area contributed by atoms with Gasteiger partial charge in [0.25, 0.3) is 0 Å². The molecule has 0 saturated carbocycles. The van der Waals surface area contributed by atoms with Gasteiger partial charge >= 0.3 is 0 Å². The van der Waals surface area contributed by atoms with Crippen LogP contribution in [0, 0.1) is 13.8 Å². The molecule has 7 nitrogen and oxygen atoms in total. The van der Waals surface area contributed by atoms with Crippen LogP contribution in [0.15, 0.2) is 53.4 Å². The Hall–Kier alpha value is -2.96. The Bertz CT molecular complexity index is 1400. The number of rotatable bonds is 6. The zero-order chi connectivity index (χ0) is 23.8. The van der Waals surface area contributed by atoms with Crippen molar-refractivity contribution in [2.24, 2.45) is 0 Å². The van der Waals surface area contributed by atoms with Crippen LogP contribution >= 0.6 is 23.1 Å². The average molecular weight is 526 g/mol. The second-order valence-corrected chi connectivity index (χ2v) is 12.2. The topological polar surface area (TPSA) is 89.0 Å². The van der Waals surface area contributed by atoms with Crippen LogP contribution in [0.2, 0.25) is 0 Å². The SMILES string of the molecule is COc1cc(C)c(C)cc1Nc1cc(Nc2ccc3nccnc3c2P(C)(C)=O)c(Br)cn1. The van der Waals surface area contributed by atoms with Crippen molar-refractivity contribution >= 4 is 62.3 Å². The molecule has 2 aromatic carbocycles. The highest BCUT2D eigenvalue weighted by molar-refractivity contribution is 9.10. The third-order valence-corrected chi connectivity index (χ3v) is 7.52. The number of anilines is 4. The number of aryl methyl sites for hydroxylation is 2. The van der Waals surface area contributed by atoms with Crippen LogP contribution in [-0.4, -0.2) is 35.4 Å². The molecule has 0 unspecified atom stereocenters. The fraction of sp³-hybridized carbons (Fsp3) is 0.208. The summed E-state index contributed by atoms with van der Waals surface area (Å²) in [6, 6.07) is 9.68. The number of halogens is 1. The van der Waals surface area contributed by atoms with Gasteiger partial charge in [0.1, 0.15) is 24.2 Å². The van der Waals surface area contributed by atoms with E-state index in [1.807, 2.05) is 37.3 Å². The maximum Gasteiger partial charge on any atom is 0.142 e. The van der Waals surface area contributed by atoms with Gasteiger partial charge in [-0.25, -0.2) is 4.98 Å². The van der Waals surface area contributed by atoms with E-state index in [1.165, 1.54) is 0 Å². The number of benzene rings is 2. The normalized spacial score (nSPS) is 11.5. The van der Waals surface area contributed by atoms with E-state index in [0.717, 1.165) is 38.4 Å². The molecule has 0 radical (unpaired) electrons. The van der Waals surface area contributed by atoms with Gasteiger partial charge in [0.2, 0.25) is 0 Å². The van der Waals surface area contributed by atoms with Gasteiger partial charge in [-0.2, -0.15) is 0 Å². The van der Waals surface area contributed by atoms with E-state index in [0.29, 0.717) is 22.2 Å². The lowest BCUT2D eigenvalue weighted by Gasteiger charge is -2.18. The van der Waals surface area contributed by atoms with Crippen molar-refractivity contribution in [2.75, 3.05) is 31.1 Å². The van der Waals surface area contributed by atoms with Crippen molar-refractivity contribution in [1.82, 2.24) is 15.0 Å². The van der Waals surface area contributed by atoms with E-state index in [4.69, 9.17) is 4.74 Å². The van der Waals surface area contributed by atoms with E-state index >= 15 is 0 Å². The molecule has 33 heavy (non-hydrogen) atoms. The molecule has 0 aliphatic carbocycles. The van der Waals surface area contributed by atoms with Gasteiger partial charge in [-0.3, -0.25) is 9.97 Å². The second-order valence-electron chi connectivity index (χ2n) is 8.17. The summed E-state index contributed by atoms with van der Waals surface area (Å²) >= 11 is 3.57. The lowest BCUT2D eigenvalue weighted by molar-refractivity contribution is 0.416. The van der Waals surface area contributed by atoms with Gasteiger partial charge in [-0.05, 0) is 78.5 Å². The van der Waals surface area contributed by atoms with Gasteiger partial charge in [0.05, 0.1) is 39.5 Å². The molecule has 0 bridgehead atoms. The Morgan fingerprint density at radius 1 is 0.909 bits per heavy atom.